The quantitative estimate of drug-likeness (QED) is 0.886. The molecule has 7 heteroatoms. The Morgan fingerprint density at radius 2 is 2.14 bits per heavy atom. The van der Waals surface area contributed by atoms with E-state index in [-0.39, 0.29) is 17.8 Å². The third-order valence-corrected chi connectivity index (χ3v) is 4.20. The largest absolute Gasteiger partial charge is 0.334 e. The van der Waals surface area contributed by atoms with Gasteiger partial charge in [0.2, 0.25) is 0 Å². The lowest BCUT2D eigenvalue weighted by Gasteiger charge is -2.31. The fourth-order valence-electron chi connectivity index (χ4n) is 2.49. The van der Waals surface area contributed by atoms with Crippen LogP contribution in [0.15, 0.2) is 34.9 Å². The summed E-state index contributed by atoms with van der Waals surface area (Å²) in [6.07, 6.45) is 1.71. The lowest BCUT2D eigenvalue weighted by molar-refractivity contribution is 0.0701. The number of carbonyl (C=O) groups is 1. The number of hydrogen-bond acceptors (Lipinski definition) is 3. The summed E-state index contributed by atoms with van der Waals surface area (Å²) in [5, 5.41) is 7.65. The summed E-state index contributed by atoms with van der Waals surface area (Å²) in [6.45, 7) is 4.16. The maximum atomic E-state index is 13.0. The van der Waals surface area contributed by atoms with E-state index < -0.39 is 0 Å². The highest BCUT2D eigenvalue weighted by Crippen LogP contribution is 2.20. The predicted molar refractivity (Wildman–Crippen MR) is 84.6 cm³/mol. The smallest absolute Gasteiger partial charge is 0.275 e. The number of halogens is 2. The Bertz CT molecular complexity index is 685. The molecule has 116 valence electrons. The maximum Gasteiger partial charge on any atom is 0.275 e. The van der Waals surface area contributed by atoms with Crippen molar-refractivity contribution in [1.29, 1.82) is 0 Å². The number of benzene rings is 1. The summed E-state index contributed by atoms with van der Waals surface area (Å²) in [6, 6.07) is 6.25. The van der Waals surface area contributed by atoms with Crippen LogP contribution in [0.1, 0.15) is 17.4 Å². The number of hydrogen-bond donors (Lipinski definition) is 1. The van der Waals surface area contributed by atoms with Gasteiger partial charge in [-0.25, -0.2) is 9.07 Å². The number of aromatic nitrogens is 2. The van der Waals surface area contributed by atoms with E-state index in [0.717, 1.165) is 6.54 Å². The second kappa shape index (κ2) is 6.18. The average molecular weight is 367 g/mol. The van der Waals surface area contributed by atoms with Crippen molar-refractivity contribution in [2.24, 2.45) is 0 Å². The molecule has 2 aromatic rings. The maximum absolute atomic E-state index is 13.0. The molecular weight excluding hydrogens is 351 g/mol. The van der Waals surface area contributed by atoms with Crippen LogP contribution in [0.2, 0.25) is 0 Å². The van der Waals surface area contributed by atoms with Gasteiger partial charge in [0.05, 0.1) is 10.2 Å². The summed E-state index contributed by atoms with van der Waals surface area (Å²) < 4.78 is 15.2. The number of rotatable bonds is 2. The monoisotopic (exact) mass is 366 g/mol. The van der Waals surface area contributed by atoms with Gasteiger partial charge < -0.3 is 10.2 Å². The van der Waals surface area contributed by atoms with Gasteiger partial charge in [0, 0.05) is 31.9 Å². The molecule has 1 aromatic heterocycles. The number of nitrogens with zero attached hydrogens (tertiary/aromatic N) is 3. The van der Waals surface area contributed by atoms with Crippen LogP contribution >= 0.6 is 15.9 Å². The minimum atomic E-state index is -0.305. The molecule has 1 saturated heterocycles. The Hall–Kier alpha value is -1.73. The Balaban J connectivity index is 1.85. The first-order chi connectivity index (χ1) is 10.5. The van der Waals surface area contributed by atoms with E-state index in [0.29, 0.717) is 28.9 Å². The van der Waals surface area contributed by atoms with Crippen LogP contribution in [0.25, 0.3) is 5.69 Å². The van der Waals surface area contributed by atoms with Crippen molar-refractivity contribution >= 4 is 21.8 Å². The Kier molecular flexibility index (Phi) is 4.26. The first-order valence-electron chi connectivity index (χ1n) is 7.08. The van der Waals surface area contributed by atoms with E-state index >= 15 is 0 Å². The molecule has 2 heterocycles. The molecule has 0 radical (unpaired) electrons. The van der Waals surface area contributed by atoms with Gasteiger partial charge in [-0.05, 0) is 47.1 Å². The molecule has 0 saturated carbocycles. The molecule has 1 aliphatic heterocycles. The minimum absolute atomic E-state index is 0.0962. The van der Waals surface area contributed by atoms with E-state index in [9.17, 15) is 9.18 Å². The second-order valence-corrected chi connectivity index (χ2v) is 6.21. The molecule has 3 rings (SSSR count). The number of nitrogens with one attached hydrogen (secondary N) is 1. The first kappa shape index (κ1) is 15.2. The van der Waals surface area contributed by atoms with Crippen molar-refractivity contribution < 1.29 is 9.18 Å². The Morgan fingerprint density at radius 3 is 2.82 bits per heavy atom. The van der Waals surface area contributed by atoms with Gasteiger partial charge in [-0.15, -0.1) is 0 Å². The van der Waals surface area contributed by atoms with E-state index in [1.165, 1.54) is 12.1 Å². The van der Waals surface area contributed by atoms with Gasteiger partial charge in [-0.1, -0.05) is 0 Å². The zero-order valence-corrected chi connectivity index (χ0v) is 13.7. The summed E-state index contributed by atoms with van der Waals surface area (Å²) in [4.78, 5) is 14.4. The van der Waals surface area contributed by atoms with Crippen molar-refractivity contribution in [3.8, 4) is 5.69 Å². The third-order valence-electron chi connectivity index (χ3n) is 3.62. The predicted octanol–water partition coefficient (Wildman–Crippen LogP) is 2.21. The highest BCUT2D eigenvalue weighted by atomic mass is 79.9. The lowest BCUT2D eigenvalue weighted by Crippen LogP contribution is -2.51. The SMILES string of the molecule is C[C@@H]1CN(C(=O)c2nn(-c3ccc(F)cc3)cc2Br)CCN1. The summed E-state index contributed by atoms with van der Waals surface area (Å²) in [7, 11) is 0. The van der Waals surface area contributed by atoms with Crippen LogP contribution < -0.4 is 5.32 Å². The molecule has 1 aromatic carbocycles. The van der Waals surface area contributed by atoms with Crippen molar-refractivity contribution in [3.63, 3.8) is 0 Å². The van der Waals surface area contributed by atoms with Gasteiger partial charge in [0.15, 0.2) is 5.69 Å². The van der Waals surface area contributed by atoms with E-state index in [4.69, 9.17) is 0 Å². The molecule has 1 aliphatic rings. The van der Waals surface area contributed by atoms with E-state index in [1.54, 1.807) is 27.9 Å². The van der Waals surface area contributed by atoms with Gasteiger partial charge in [-0.2, -0.15) is 5.10 Å². The Morgan fingerprint density at radius 1 is 1.41 bits per heavy atom. The molecule has 22 heavy (non-hydrogen) atoms. The zero-order chi connectivity index (χ0) is 15.7. The normalized spacial score (nSPS) is 18.5. The number of piperazine rings is 1. The molecule has 1 fully saturated rings. The molecule has 1 atom stereocenters. The molecule has 0 aliphatic carbocycles. The molecule has 0 unspecified atom stereocenters. The topological polar surface area (TPSA) is 50.2 Å². The summed E-state index contributed by atoms with van der Waals surface area (Å²) in [5.74, 6) is -0.401. The summed E-state index contributed by atoms with van der Waals surface area (Å²) >= 11 is 3.39. The van der Waals surface area contributed by atoms with Crippen molar-refractivity contribution in [1.82, 2.24) is 20.0 Å². The molecule has 0 bridgehead atoms. The molecule has 5 nitrogen and oxygen atoms in total. The third kappa shape index (κ3) is 3.05. The first-order valence-corrected chi connectivity index (χ1v) is 7.87. The highest BCUT2D eigenvalue weighted by Gasteiger charge is 2.25. The average Bonchev–Trinajstić information content (AvgIpc) is 2.89. The van der Waals surface area contributed by atoms with Crippen LogP contribution in [-0.4, -0.2) is 46.3 Å². The molecule has 1 amide bonds. The van der Waals surface area contributed by atoms with Crippen LogP contribution in [0.4, 0.5) is 4.39 Å². The minimum Gasteiger partial charge on any atom is -0.334 e. The summed E-state index contributed by atoms with van der Waals surface area (Å²) in [5.41, 5.74) is 1.08. The van der Waals surface area contributed by atoms with Gasteiger partial charge in [0.1, 0.15) is 5.82 Å². The molecular formula is C15H16BrFN4O. The van der Waals surface area contributed by atoms with Crippen molar-refractivity contribution in [2.75, 3.05) is 19.6 Å². The molecule has 1 N–H and O–H groups in total. The van der Waals surface area contributed by atoms with Crippen molar-refractivity contribution in [3.05, 3.63) is 46.4 Å². The van der Waals surface area contributed by atoms with Crippen LogP contribution in [0, 0.1) is 5.82 Å². The van der Waals surface area contributed by atoms with Crippen molar-refractivity contribution in [2.45, 2.75) is 13.0 Å². The zero-order valence-electron chi connectivity index (χ0n) is 12.1. The highest BCUT2D eigenvalue weighted by molar-refractivity contribution is 9.10. The van der Waals surface area contributed by atoms with Gasteiger partial charge >= 0.3 is 0 Å². The lowest BCUT2D eigenvalue weighted by atomic mass is 10.2. The van der Waals surface area contributed by atoms with Crippen LogP contribution in [-0.2, 0) is 0 Å². The van der Waals surface area contributed by atoms with Gasteiger partial charge in [-0.3, -0.25) is 4.79 Å². The van der Waals surface area contributed by atoms with Crippen LogP contribution in [0.3, 0.4) is 0 Å². The van der Waals surface area contributed by atoms with E-state index in [2.05, 4.69) is 26.3 Å². The Labute approximate surface area is 136 Å². The fraction of sp³-hybridized carbons (Fsp3) is 0.333. The second-order valence-electron chi connectivity index (χ2n) is 5.35. The number of carbonyl (C=O) groups excluding carboxylic acids is 1. The standard InChI is InChI=1S/C15H16BrFN4O/c1-10-8-20(7-6-18-10)15(22)14-13(16)9-21(19-14)12-4-2-11(17)3-5-12/h2-5,9-10,18H,6-8H2,1H3/t10-/m1/s1. The number of amides is 1. The fourth-order valence-corrected chi connectivity index (χ4v) is 2.93. The van der Waals surface area contributed by atoms with E-state index in [1.807, 2.05) is 6.92 Å². The molecule has 0 spiro atoms. The van der Waals surface area contributed by atoms with Gasteiger partial charge in [0.25, 0.3) is 5.91 Å². The van der Waals surface area contributed by atoms with Crippen LogP contribution in [0.5, 0.6) is 0 Å².